The molecule has 0 aliphatic carbocycles. The van der Waals surface area contributed by atoms with E-state index in [2.05, 4.69) is 0 Å². The van der Waals surface area contributed by atoms with Crippen molar-refractivity contribution in [2.24, 2.45) is 0 Å². The standard InChI is InChI=1S/C17H14ClF3O2/c1-22-14-4-2-3-12(10-14)16(18,17(19,20)21)13-5-6-15-11(9-13)7-8-23-15/h2-6,9-10H,7-8H2,1H3. The lowest BCUT2D eigenvalue weighted by atomic mass is 9.88. The molecule has 2 aromatic carbocycles. The third kappa shape index (κ3) is 2.63. The van der Waals surface area contributed by atoms with Crippen LogP contribution >= 0.6 is 11.6 Å². The largest absolute Gasteiger partial charge is 0.497 e. The number of methoxy groups -OCH3 is 1. The monoisotopic (exact) mass is 342 g/mol. The average Bonchev–Trinajstić information content (AvgIpc) is 3.00. The molecule has 1 aliphatic rings. The van der Waals surface area contributed by atoms with Gasteiger partial charge in [0.2, 0.25) is 0 Å². The van der Waals surface area contributed by atoms with Gasteiger partial charge in [-0.25, -0.2) is 0 Å². The highest BCUT2D eigenvalue weighted by Crippen LogP contribution is 2.51. The van der Waals surface area contributed by atoms with Crippen molar-refractivity contribution in [1.29, 1.82) is 0 Å². The molecule has 2 nitrogen and oxygen atoms in total. The molecular weight excluding hydrogens is 329 g/mol. The second-order valence-corrected chi connectivity index (χ2v) is 5.88. The maximum atomic E-state index is 13.9. The Bertz CT molecular complexity index is 730. The molecule has 1 atom stereocenters. The van der Waals surface area contributed by atoms with E-state index < -0.39 is 11.1 Å². The zero-order valence-corrected chi connectivity index (χ0v) is 13.0. The number of ether oxygens (including phenoxy) is 2. The number of fused-ring (bicyclic) bond motifs is 1. The average molecular weight is 343 g/mol. The van der Waals surface area contributed by atoms with E-state index >= 15 is 0 Å². The van der Waals surface area contributed by atoms with Crippen LogP contribution in [0.25, 0.3) is 0 Å². The van der Waals surface area contributed by atoms with Crippen molar-refractivity contribution in [1.82, 2.24) is 0 Å². The normalized spacial score (nSPS) is 16.4. The van der Waals surface area contributed by atoms with Crippen LogP contribution in [0.5, 0.6) is 11.5 Å². The van der Waals surface area contributed by atoms with Gasteiger partial charge in [-0.3, -0.25) is 0 Å². The van der Waals surface area contributed by atoms with Gasteiger partial charge in [-0.1, -0.05) is 29.8 Å². The topological polar surface area (TPSA) is 18.5 Å². The predicted molar refractivity (Wildman–Crippen MR) is 81.3 cm³/mol. The molecule has 0 radical (unpaired) electrons. The first-order valence-electron chi connectivity index (χ1n) is 7.02. The van der Waals surface area contributed by atoms with Crippen LogP contribution in [-0.2, 0) is 11.3 Å². The minimum atomic E-state index is -4.67. The van der Waals surface area contributed by atoms with Crippen molar-refractivity contribution >= 4 is 11.6 Å². The number of rotatable bonds is 3. The number of hydrogen-bond donors (Lipinski definition) is 0. The molecule has 122 valence electrons. The molecule has 0 aromatic heterocycles. The minimum Gasteiger partial charge on any atom is -0.497 e. The van der Waals surface area contributed by atoms with Crippen LogP contribution in [0.2, 0.25) is 0 Å². The van der Waals surface area contributed by atoms with E-state index in [-0.39, 0.29) is 11.1 Å². The molecule has 0 spiro atoms. The van der Waals surface area contributed by atoms with Crippen LogP contribution in [0.1, 0.15) is 16.7 Å². The summed E-state index contributed by atoms with van der Waals surface area (Å²) in [6.07, 6.45) is -4.10. The predicted octanol–water partition coefficient (Wildman–Crippen LogP) is 4.67. The first-order valence-corrected chi connectivity index (χ1v) is 7.40. The highest BCUT2D eigenvalue weighted by molar-refractivity contribution is 6.26. The van der Waals surface area contributed by atoms with E-state index in [1.165, 1.54) is 37.4 Å². The van der Waals surface area contributed by atoms with E-state index in [1.54, 1.807) is 12.1 Å². The maximum Gasteiger partial charge on any atom is 0.415 e. The van der Waals surface area contributed by atoms with Gasteiger partial charge in [0, 0.05) is 6.42 Å². The van der Waals surface area contributed by atoms with Gasteiger partial charge in [0.1, 0.15) is 11.5 Å². The van der Waals surface area contributed by atoms with Crippen LogP contribution in [0, 0.1) is 0 Å². The summed E-state index contributed by atoms with van der Waals surface area (Å²) in [4.78, 5) is -2.64. The Morgan fingerprint density at radius 2 is 1.83 bits per heavy atom. The quantitative estimate of drug-likeness (QED) is 0.754. The van der Waals surface area contributed by atoms with Crippen molar-refractivity contribution in [3.05, 3.63) is 59.2 Å². The molecule has 0 bridgehead atoms. The van der Waals surface area contributed by atoms with Crippen molar-refractivity contribution in [2.75, 3.05) is 13.7 Å². The second kappa shape index (κ2) is 5.64. The Balaban J connectivity index is 2.17. The van der Waals surface area contributed by atoms with E-state index in [9.17, 15) is 13.2 Å². The molecule has 1 heterocycles. The molecule has 23 heavy (non-hydrogen) atoms. The summed E-state index contributed by atoms with van der Waals surface area (Å²) in [7, 11) is 1.40. The molecule has 1 unspecified atom stereocenters. The summed E-state index contributed by atoms with van der Waals surface area (Å²) in [5, 5.41) is 0. The van der Waals surface area contributed by atoms with Crippen molar-refractivity contribution in [3.63, 3.8) is 0 Å². The fraction of sp³-hybridized carbons (Fsp3) is 0.294. The van der Waals surface area contributed by atoms with E-state index in [1.807, 2.05) is 0 Å². The van der Waals surface area contributed by atoms with E-state index in [0.29, 0.717) is 24.5 Å². The smallest absolute Gasteiger partial charge is 0.415 e. The van der Waals surface area contributed by atoms with Crippen LogP contribution < -0.4 is 9.47 Å². The van der Waals surface area contributed by atoms with Gasteiger partial charge in [-0.15, -0.1) is 0 Å². The molecule has 3 rings (SSSR count). The summed E-state index contributed by atoms with van der Waals surface area (Å²) >= 11 is 6.18. The number of alkyl halides is 4. The van der Waals surface area contributed by atoms with Crippen LogP contribution in [0.15, 0.2) is 42.5 Å². The van der Waals surface area contributed by atoms with Crippen LogP contribution in [0.4, 0.5) is 13.2 Å². The zero-order chi connectivity index (χ0) is 16.7. The first-order chi connectivity index (χ1) is 10.9. The molecular formula is C17H14ClF3O2. The second-order valence-electron chi connectivity index (χ2n) is 5.31. The molecule has 1 aliphatic heterocycles. The Morgan fingerprint density at radius 1 is 1.09 bits per heavy atom. The van der Waals surface area contributed by atoms with Gasteiger partial charge < -0.3 is 9.47 Å². The Morgan fingerprint density at radius 3 is 2.52 bits per heavy atom. The maximum absolute atomic E-state index is 13.9. The third-order valence-corrected chi connectivity index (χ3v) is 4.60. The van der Waals surface area contributed by atoms with Crippen molar-refractivity contribution < 1.29 is 22.6 Å². The van der Waals surface area contributed by atoms with Gasteiger partial charge >= 0.3 is 6.18 Å². The summed E-state index contributed by atoms with van der Waals surface area (Å²) in [6, 6.07) is 10.1. The molecule has 0 saturated carbocycles. The van der Waals surface area contributed by atoms with Gasteiger partial charge in [0.25, 0.3) is 0 Å². The fourth-order valence-corrected chi connectivity index (χ4v) is 2.97. The summed E-state index contributed by atoms with van der Waals surface area (Å²) in [5.41, 5.74) is 0.633. The van der Waals surface area contributed by atoms with Crippen molar-refractivity contribution in [3.8, 4) is 11.5 Å². The molecule has 0 amide bonds. The van der Waals surface area contributed by atoms with Crippen molar-refractivity contribution in [2.45, 2.75) is 17.5 Å². The molecule has 2 aromatic rings. The molecule has 6 heteroatoms. The first kappa shape index (κ1) is 16.0. The summed E-state index contributed by atoms with van der Waals surface area (Å²) in [5.74, 6) is 0.932. The molecule has 0 N–H and O–H groups in total. The lowest BCUT2D eigenvalue weighted by Gasteiger charge is -2.31. The van der Waals surface area contributed by atoms with Gasteiger partial charge in [0.05, 0.1) is 13.7 Å². The molecule has 0 fully saturated rings. The SMILES string of the molecule is COc1cccc(C(Cl)(c2ccc3c(c2)CCO3)C(F)(F)F)c1. The highest BCUT2D eigenvalue weighted by Gasteiger charge is 2.56. The lowest BCUT2D eigenvalue weighted by Crippen LogP contribution is -2.38. The van der Waals surface area contributed by atoms with E-state index in [4.69, 9.17) is 21.1 Å². The third-order valence-electron chi connectivity index (χ3n) is 3.95. The van der Waals surface area contributed by atoms with Crippen LogP contribution in [0.3, 0.4) is 0 Å². The van der Waals surface area contributed by atoms with Gasteiger partial charge in [0.15, 0.2) is 4.87 Å². The summed E-state index contributed by atoms with van der Waals surface area (Å²) < 4.78 is 52.0. The van der Waals surface area contributed by atoms with Gasteiger partial charge in [-0.05, 0) is 41.0 Å². The molecule has 0 saturated heterocycles. The minimum absolute atomic E-state index is 0.0239. The zero-order valence-electron chi connectivity index (χ0n) is 12.3. The van der Waals surface area contributed by atoms with Gasteiger partial charge in [-0.2, -0.15) is 13.2 Å². The summed E-state index contributed by atoms with van der Waals surface area (Å²) in [6.45, 7) is 0.471. The highest BCUT2D eigenvalue weighted by atomic mass is 35.5. The number of benzene rings is 2. The number of halogens is 4. The Kier molecular flexibility index (Phi) is 3.92. The fourth-order valence-electron chi connectivity index (χ4n) is 2.73. The lowest BCUT2D eigenvalue weighted by molar-refractivity contribution is -0.154. The number of hydrogen-bond acceptors (Lipinski definition) is 2. The van der Waals surface area contributed by atoms with E-state index in [0.717, 1.165) is 5.56 Å². The Hall–Kier alpha value is -1.88. The van der Waals surface area contributed by atoms with Crippen LogP contribution in [-0.4, -0.2) is 19.9 Å². The Labute approximate surface area is 136 Å².